The minimum absolute atomic E-state index is 0.268. The Labute approximate surface area is 99.4 Å². The second-order valence-electron chi connectivity index (χ2n) is 3.74. The zero-order valence-electron chi connectivity index (χ0n) is 8.92. The number of aromatic amines is 1. The van der Waals surface area contributed by atoms with Crippen LogP contribution >= 0.6 is 0 Å². The predicted molar refractivity (Wildman–Crippen MR) is 66.5 cm³/mol. The van der Waals surface area contributed by atoms with E-state index in [4.69, 9.17) is 5.73 Å². The highest BCUT2D eigenvalue weighted by molar-refractivity contribution is 7.72. The van der Waals surface area contributed by atoms with Crippen LogP contribution in [0.1, 0.15) is 5.56 Å². The van der Waals surface area contributed by atoms with Crippen molar-refractivity contribution in [3.05, 3.63) is 36.0 Å². The molecule has 0 amide bonds. The molecule has 0 fully saturated rings. The number of fused-ring (bicyclic) bond motifs is 1. The number of para-hydroxylation sites is 1. The van der Waals surface area contributed by atoms with Crippen molar-refractivity contribution in [1.29, 1.82) is 0 Å². The second-order valence-corrected chi connectivity index (χ2v) is 4.63. The summed E-state index contributed by atoms with van der Waals surface area (Å²) in [4.78, 5) is 3.06. The Hall–Kier alpha value is -1.63. The van der Waals surface area contributed by atoms with Gasteiger partial charge in [0.1, 0.15) is 0 Å². The molecule has 1 heterocycles. The average Bonchev–Trinajstić information content (AvgIpc) is 2.71. The topological polar surface area (TPSA) is 96.2 Å². The zero-order chi connectivity index (χ0) is 12.4. The Morgan fingerprint density at radius 2 is 2.12 bits per heavy atom. The summed E-state index contributed by atoms with van der Waals surface area (Å²) in [5.41, 5.74) is 7.44. The van der Waals surface area contributed by atoms with E-state index < -0.39 is 21.4 Å². The number of rotatable bonds is 3. The summed E-state index contributed by atoms with van der Waals surface area (Å²) in [5.74, 6) is 0. The van der Waals surface area contributed by atoms with Crippen molar-refractivity contribution >= 4 is 26.2 Å². The van der Waals surface area contributed by atoms with E-state index in [2.05, 4.69) is 4.98 Å². The molecule has 1 aromatic heterocycles. The highest BCUT2D eigenvalue weighted by Gasteiger charge is 2.13. The van der Waals surface area contributed by atoms with Crippen LogP contribution in [0, 0.1) is 0 Å². The van der Waals surface area contributed by atoms with Gasteiger partial charge in [-0.25, -0.2) is 0 Å². The van der Waals surface area contributed by atoms with E-state index in [9.17, 15) is 13.5 Å². The van der Waals surface area contributed by atoms with Gasteiger partial charge in [0, 0.05) is 17.1 Å². The van der Waals surface area contributed by atoms with E-state index in [1.807, 2.05) is 24.3 Å². The smallest absolute Gasteiger partial charge is 0.242 e. The maximum absolute atomic E-state index is 10.6. The molecular weight excluding hydrogens is 240 g/mol. The third-order valence-electron chi connectivity index (χ3n) is 2.60. The Morgan fingerprint density at radius 1 is 1.41 bits per heavy atom. The van der Waals surface area contributed by atoms with Crippen LogP contribution in [0.3, 0.4) is 0 Å². The SMILES string of the molecule is N[C@@H](Cc1c[nH]c2ccccc12)C(O)=S(=O)=O. The van der Waals surface area contributed by atoms with Crippen molar-refractivity contribution in [3.63, 3.8) is 0 Å². The van der Waals surface area contributed by atoms with Crippen LogP contribution in [0.4, 0.5) is 0 Å². The fourth-order valence-electron chi connectivity index (χ4n) is 1.75. The van der Waals surface area contributed by atoms with Crippen molar-refractivity contribution in [2.75, 3.05) is 0 Å². The van der Waals surface area contributed by atoms with E-state index in [1.165, 1.54) is 0 Å². The first-order valence-corrected chi connectivity index (χ1v) is 6.12. The largest absolute Gasteiger partial charge is 0.361 e. The first-order chi connectivity index (χ1) is 8.09. The summed E-state index contributed by atoms with van der Waals surface area (Å²) in [5, 5.41) is 9.50. The maximum Gasteiger partial charge on any atom is 0.242 e. The van der Waals surface area contributed by atoms with Crippen molar-refractivity contribution in [3.8, 4) is 0 Å². The molecule has 0 spiro atoms. The van der Waals surface area contributed by atoms with Crippen molar-refractivity contribution in [2.24, 2.45) is 5.73 Å². The molecule has 0 saturated heterocycles. The highest BCUT2D eigenvalue weighted by Crippen LogP contribution is 2.18. The maximum atomic E-state index is 10.6. The molecule has 0 aliphatic rings. The summed E-state index contributed by atoms with van der Waals surface area (Å²) in [7, 11) is -2.65. The molecule has 2 aromatic rings. The van der Waals surface area contributed by atoms with Gasteiger partial charge in [-0.05, 0) is 18.1 Å². The molecule has 17 heavy (non-hydrogen) atoms. The number of hydrogen-bond donors (Lipinski definition) is 3. The van der Waals surface area contributed by atoms with E-state index >= 15 is 0 Å². The fraction of sp³-hybridized carbons (Fsp3) is 0.182. The van der Waals surface area contributed by atoms with Gasteiger partial charge in [0.15, 0.2) is 5.05 Å². The number of nitrogens with two attached hydrogens (primary N) is 1. The van der Waals surface area contributed by atoms with Crippen LogP contribution < -0.4 is 5.73 Å². The lowest BCUT2D eigenvalue weighted by atomic mass is 10.1. The van der Waals surface area contributed by atoms with Gasteiger partial charge in [-0.2, -0.15) is 8.42 Å². The van der Waals surface area contributed by atoms with Crippen LogP contribution in [0.15, 0.2) is 30.5 Å². The average molecular weight is 252 g/mol. The lowest BCUT2D eigenvalue weighted by Gasteiger charge is -2.06. The highest BCUT2D eigenvalue weighted by atomic mass is 32.2. The number of H-pyrrole nitrogens is 1. The number of aliphatic hydroxyl groups is 1. The summed E-state index contributed by atoms with van der Waals surface area (Å²) >= 11 is 0. The Kier molecular flexibility index (Phi) is 3.28. The van der Waals surface area contributed by atoms with Gasteiger partial charge >= 0.3 is 0 Å². The van der Waals surface area contributed by atoms with Gasteiger partial charge < -0.3 is 15.8 Å². The molecule has 1 atom stereocenters. The molecule has 2 rings (SSSR count). The van der Waals surface area contributed by atoms with Gasteiger partial charge in [-0.15, -0.1) is 0 Å². The van der Waals surface area contributed by atoms with Crippen LogP contribution in [-0.2, 0) is 16.7 Å². The summed E-state index contributed by atoms with van der Waals surface area (Å²) in [6.07, 6.45) is 2.04. The molecule has 0 aliphatic heterocycles. The molecule has 90 valence electrons. The molecule has 0 unspecified atom stereocenters. The van der Waals surface area contributed by atoms with E-state index in [0.29, 0.717) is 0 Å². The fourth-order valence-corrected chi connectivity index (χ4v) is 2.08. The molecule has 0 aliphatic carbocycles. The quantitative estimate of drug-likeness (QED) is 0.697. The third-order valence-corrected chi connectivity index (χ3v) is 3.25. The molecule has 4 N–H and O–H groups in total. The van der Waals surface area contributed by atoms with Gasteiger partial charge in [0.25, 0.3) is 0 Å². The molecule has 5 nitrogen and oxygen atoms in total. The van der Waals surface area contributed by atoms with Crippen LogP contribution in [0.2, 0.25) is 0 Å². The van der Waals surface area contributed by atoms with Gasteiger partial charge in [0.2, 0.25) is 10.3 Å². The molecule has 6 heteroatoms. The monoisotopic (exact) mass is 252 g/mol. The normalized spacial score (nSPS) is 12.6. The van der Waals surface area contributed by atoms with Gasteiger partial charge in [0.05, 0.1) is 6.04 Å². The predicted octanol–water partition coefficient (Wildman–Crippen LogP) is 0.605. The van der Waals surface area contributed by atoms with Crippen molar-refractivity contribution in [2.45, 2.75) is 12.5 Å². The lowest BCUT2D eigenvalue weighted by Crippen LogP contribution is -2.33. The Morgan fingerprint density at radius 3 is 2.82 bits per heavy atom. The number of aliphatic hydroxyl groups excluding tert-OH is 1. The van der Waals surface area contributed by atoms with E-state index in [-0.39, 0.29) is 6.42 Å². The van der Waals surface area contributed by atoms with Gasteiger partial charge in [-0.1, -0.05) is 18.2 Å². The van der Waals surface area contributed by atoms with Crippen LogP contribution in [-0.4, -0.2) is 29.6 Å². The Balaban J connectivity index is 2.34. The Bertz CT molecular complexity index is 665. The molecule has 1 aromatic carbocycles. The van der Waals surface area contributed by atoms with E-state index in [0.717, 1.165) is 16.5 Å². The standard InChI is InChI=1S/C11H12N2O3S/c12-9(11(14)17(15)16)5-7-6-13-10-4-2-1-3-8(7)10/h1-4,6,9,13-14H,5,12H2/t9-/m0/s1. The van der Waals surface area contributed by atoms with Gasteiger partial charge in [-0.3, -0.25) is 0 Å². The molecule has 0 radical (unpaired) electrons. The lowest BCUT2D eigenvalue weighted by molar-refractivity contribution is 0.522. The molecule has 0 bridgehead atoms. The number of benzene rings is 1. The number of nitrogens with one attached hydrogen (secondary N) is 1. The summed E-state index contributed by atoms with van der Waals surface area (Å²) in [6, 6.07) is 6.71. The zero-order valence-corrected chi connectivity index (χ0v) is 9.74. The third kappa shape index (κ3) is 2.38. The van der Waals surface area contributed by atoms with E-state index in [1.54, 1.807) is 6.20 Å². The van der Waals surface area contributed by atoms with Crippen LogP contribution in [0.25, 0.3) is 10.9 Å². The van der Waals surface area contributed by atoms with Crippen LogP contribution in [0.5, 0.6) is 0 Å². The minimum Gasteiger partial charge on any atom is -0.361 e. The molecule has 0 saturated carbocycles. The second kappa shape index (κ2) is 4.70. The van der Waals surface area contributed by atoms with Crippen molar-refractivity contribution in [1.82, 2.24) is 4.98 Å². The summed E-state index contributed by atoms with van der Waals surface area (Å²) in [6.45, 7) is 0. The van der Waals surface area contributed by atoms with Crippen molar-refractivity contribution < 1.29 is 13.5 Å². The number of aromatic nitrogens is 1. The first-order valence-electron chi connectivity index (χ1n) is 5.05. The number of hydrogen-bond acceptors (Lipinski definition) is 3. The molecular formula is C11H12N2O3S. The summed E-state index contributed by atoms with van der Waals surface area (Å²) < 4.78 is 21.1. The minimum atomic E-state index is -2.65. The first kappa shape index (κ1) is 11.8.